The van der Waals surface area contributed by atoms with E-state index in [9.17, 15) is 9.59 Å². The number of hydrogen-bond donors (Lipinski definition) is 2. The summed E-state index contributed by atoms with van der Waals surface area (Å²) in [4.78, 5) is 24.2. The molecule has 0 fully saturated rings. The van der Waals surface area contributed by atoms with Crippen molar-refractivity contribution in [2.75, 3.05) is 20.1 Å². The van der Waals surface area contributed by atoms with E-state index in [2.05, 4.69) is 5.32 Å². The minimum Gasteiger partial charge on any atom is -0.346 e. The Morgan fingerprint density at radius 2 is 1.89 bits per heavy atom. The molecule has 1 aromatic carbocycles. The van der Waals surface area contributed by atoms with E-state index in [1.807, 2.05) is 31.2 Å². The number of amides is 2. The Balaban J connectivity index is 2.44. The van der Waals surface area contributed by atoms with Gasteiger partial charge in [0.2, 0.25) is 11.8 Å². The van der Waals surface area contributed by atoms with Crippen LogP contribution in [0.4, 0.5) is 0 Å². The third-order valence-corrected chi connectivity index (χ3v) is 2.59. The summed E-state index contributed by atoms with van der Waals surface area (Å²) in [6.07, 6.45) is 0. The molecule has 0 unspecified atom stereocenters. The van der Waals surface area contributed by atoms with Crippen molar-refractivity contribution in [2.24, 2.45) is 5.73 Å². The van der Waals surface area contributed by atoms with Crippen molar-refractivity contribution < 1.29 is 9.59 Å². The molecule has 98 valence electrons. The van der Waals surface area contributed by atoms with Gasteiger partial charge in [0.25, 0.3) is 0 Å². The molecule has 0 aliphatic heterocycles. The van der Waals surface area contributed by atoms with E-state index < -0.39 is 0 Å². The summed E-state index contributed by atoms with van der Waals surface area (Å²) in [5, 5.41) is 2.45. The average Bonchev–Trinajstić information content (AvgIpc) is 2.38. The first-order chi connectivity index (χ1) is 8.52. The van der Waals surface area contributed by atoms with E-state index in [1.165, 1.54) is 5.56 Å². The first-order valence-electron chi connectivity index (χ1n) is 5.79. The van der Waals surface area contributed by atoms with Gasteiger partial charge in [-0.05, 0) is 12.5 Å². The van der Waals surface area contributed by atoms with Crippen molar-refractivity contribution in [1.82, 2.24) is 10.2 Å². The summed E-state index contributed by atoms with van der Waals surface area (Å²) in [6, 6.07) is 7.98. The van der Waals surface area contributed by atoms with Crippen LogP contribution < -0.4 is 11.1 Å². The molecule has 0 aliphatic rings. The summed E-state index contributed by atoms with van der Waals surface area (Å²) in [7, 11) is 1.71. The van der Waals surface area contributed by atoms with E-state index in [0.717, 1.165) is 5.56 Å². The Morgan fingerprint density at radius 3 is 2.44 bits per heavy atom. The van der Waals surface area contributed by atoms with Crippen molar-refractivity contribution in [3.8, 4) is 0 Å². The highest BCUT2D eigenvalue weighted by molar-refractivity contribution is 5.85. The molecule has 0 saturated heterocycles. The van der Waals surface area contributed by atoms with Gasteiger partial charge >= 0.3 is 0 Å². The molecule has 0 aromatic heterocycles. The second kappa shape index (κ2) is 6.76. The molecular formula is C13H19N3O2. The normalized spacial score (nSPS) is 9.94. The van der Waals surface area contributed by atoms with Gasteiger partial charge in [-0.3, -0.25) is 9.59 Å². The van der Waals surface area contributed by atoms with Crippen LogP contribution in [0, 0.1) is 6.92 Å². The van der Waals surface area contributed by atoms with Crippen LogP contribution in [0.5, 0.6) is 0 Å². The van der Waals surface area contributed by atoms with Crippen LogP contribution >= 0.6 is 0 Å². The van der Waals surface area contributed by atoms with Crippen LogP contribution in [0.15, 0.2) is 24.3 Å². The highest BCUT2D eigenvalue weighted by Gasteiger charge is 2.10. The van der Waals surface area contributed by atoms with Crippen LogP contribution in [0.3, 0.4) is 0 Å². The number of aryl methyl sites for hydroxylation is 1. The molecule has 3 N–H and O–H groups in total. The zero-order chi connectivity index (χ0) is 13.5. The first kappa shape index (κ1) is 14.2. The molecule has 0 atom stereocenters. The second-order valence-corrected chi connectivity index (χ2v) is 4.22. The lowest BCUT2D eigenvalue weighted by Gasteiger charge is -2.17. The summed E-state index contributed by atoms with van der Waals surface area (Å²) >= 11 is 0. The molecule has 5 nitrogen and oxygen atoms in total. The molecule has 0 saturated carbocycles. The van der Waals surface area contributed by atoms with Gasteiger partial charge in [0.1, 0.15) is 0 Å². The van der Waals surface area contributed by atoms with Crippen molar-refractivity contribution in [2.45, 2.75) is 13.5 Å². The average molecular weight is 249 g/mol. The maximum Gasteiger partial charge on any atom is 0.242 e. The molecule has 0 aliphatic carbocycles. The smallest absolute Gasteiger partial charge is 0.242 e. The summed E-state index contributed by atoms with van der Waals surface area (Å²) in [6.45, 7) is 2.42. The Kier molecular flexibility index (Phi) is 5.32. The van der Waals surface area contributed by atoms with E-state index in [1.54, 1.807) is 11.9 Å². The maximum atomic E-state index is 11.7. The molecule has 1 aromatic rings. The monoisotopic (exact) mass is 249 g/mol. The summed E-state index contributed by atoms with van der Waals surface area (Å²) in [5.41, 5.74) is 7.38. The van der Waals surface area contributed by atoms with Crippen molar-refractivity contribution in [3.05, 3.63) is 35.4 Å². The molecular weight excluding hydrogens is 230 g/mol. The Labute approximate surface area is 107 Å². The standard InChI is InChI=1S/C13H19N3O2/c1-10-3-5-11(6-4-10)9-16(2)13(18)8-15-12(17)7-14/h3-6H,7-9,14H2,1-2H3,(H,15,17). The third-order valence-electron chi connectivity index (χ3n) is 2.59. The van der Waals surface area contributed by atoms with Gasteiger partial charge < -0.3 is 16.0 Å². The van der Waals surface area contributed by atoms with Crippen molar-refractivity contribution in [1.29, 1.82) is 0 Å². The second-order valence-electron chi connectivity index (χ2n) is 4.22. The molecule has 0 heterocycles. The fourth-order valence-electron chi connectivity index (χ4n) is 1.44. The number of hydrogen-bond acceptors (Lipinski definition) is 3. The van der Waals surface area contributed by atoms with Gasteiger partial charge in [0.05, 0.1) is 13.1 Å². The Bertz CT molecular complexity index is 415. The molecule has 18 heavy (non-hydrogen) atoms. The number of likely N-dealkylation sites (N-methyl/N-ethyl adjacent to an activating group) is 1. The van der Waals surface area contributed by atoms with Gasteiger partial charge in [-0.15, -0.1) is 0 Å². The molecule has 5 heteroatoms. The van der Waals surface area contributed by atoms with Crippen molar-refractivity contribution in [3.63, 3.8) is 0 Å². The van der Waals surface area contributed by atoms with Gasteiger partial charge in [-0.25, -0.2) is 0 Å². The Hall–Kier alpha value is -1.88. The van der Waals surface area contributed by atoms with Gasteiger partial charge in [0.15, 0.2) is 0 Å². The van der Waals surface area contributed by atoms with Gasteiger partial charge in [-0.1, -0.05) is 29.8 Å². The quantitative estimate of drug-likeness (QED) is 0.773. The topological polar surface area (TPSA) is 75.4 Å². The molecule has 0 bridgehead atoms. The largest absolute Gasteiger partial charge is 0.346 e. The number of nitrogens with two attached hydrogens (primary N) is 1. The predicted octanol–water partition coefficient (Wildman–Crippen LogP) is 0.0283. The first-order valence-corrected chi connectivity index (χ1v) is 5.79. The highest BCUT2D eigenvalue weighted by Crippen LogP contribution is 2.05. The zero-order valence-electron chi connectivity index (χ0n) is 10.8. The molecule has 0 spiro atoms. The fraction of sp³-hybridized carbons (Fsp3) is 0.385. The van der Waals surface area contributed by atoms with Crippen LogP contribution in [-0.2, 0) is 16.1 Å². The molecule has 1 rings (SSSR count). The molecule has 2 amide bonds. The van der Waals surface area contributed by atoms with Gasteiger partial charge in [-0.2, -0.15) is 0 Å². The lowest BCUT2D eigenvalue weighted by Crippen LogP contribution is -2.40. The van der Waals surface area contributed by atoms with Crippen LogP contribution in [0.25, 0.3) is 0 Å². The van der Waals surface area contributed by atoms with Gasteiger partial charge in [0, 0.05) is 13.6 Å². The lowest BCUT2D eigenvalue weighted by molar-refractivity contribution is -0.131. The minimum absolute atomic E-state index is 0.0155. The summed E-state index contributed by atoms with van der Waals surface area (Å²) in [5.74, 6) is -0.468. The predicted molar refractivity (Wildman–Crippen MR) is 69.7 cm³/mol. The van der Waals surface area contributed by atoms with Crippen molar-refractivity contribution >= 4 is 11.8 Å². The number of carbonyl (C=O) groups is 2. The zero-order valence-corrected chi connectivity index (χ0v) is 10.8. The van der Waals surface area contributed by atoms with E-state index in [0.29, 0.717) is 6.54 Å². The van der Waals surface area contributed by atoms with Crippen LogP contribution in [-0.4, -0.2) is 36.9 Å². The SMILES string of the molecule is Cc1ccc(CN(C)C(=O)CNC(=O)CN)cc1. The minimum atomic E-state index is -0.327. The lowest BCUT2D eigenvalue weighted by atomic mass is 10.1. The number of benzene rings is 1. The third kappa shape index (κ3) is 4.55. The number of nitrogens with one attached hydrogen (secondary N) is 1. The fourth-order valence-corrected chi connectivity index (χ4v) is 1.44. The number of carbonyl (C=O) groups excluding carboxylic acids is 2. The number of nitrogens with zero attached hydrogens (tertiary/aromatic N) is 1. The van der Waals surface area contributed by atoms with E-state index in [4.69, 9.17) is 5.73 Å². The molecule has 0 radical (unpaired) electrons. The summed E-state index contributed by atoms with van der Waals surface area (Å²) < 4.78 is 0. The Morgan fingerprint density at radius 1 is 1.28 bits per heavy atom. The maximum absolute atomic E-state index is 11.7. The van der Waals surface area contributed by atoms with Crippen LogP contribution in [0.1, 0.15) is 11.1 Å². The van der Waals surface area contributed by atoms with E-state index >= 15 is 0 Å². The highest BCUT2D eigenvalue weighted by atomic mass is 16.2. The van der Waals surface area contributed by atoms with Crippen LogP contribution in [0.2, 0.25) is 0 Å². The van der Waals surface area contributed by atoms with E-state index in [-0.39, 0.29) is 24.9 Å². The number of rotatable bonds is 5.